The van der Waals surface area contributed by atoms with Crippen molar-refractivity contribution in [2.45, 2.75) is 13.5 Å². The summed E-state index contributed by atoms with van der Waals surface area (Å²) in [5.41, 5.74) is 3.46. The number of para-hydroxylation sites is 1. The smallest absolute Gasteiger partial charge is 0.302 e. The van der Waals surface area contributed by atoms with Crippen LogP contribution in [0.25, 0.3) is 22.2 Å². The molecule has 0 fully saturated rings. The number of hydrogen-bond donors (Lipinski definition) is 0. The van der Waals surface area contributed by atoms with Gasteiger partial charge < -0.3 is 9.30 Å². The summed E-state index contributed by atoms with van der Waals surface area (Å²) in [4.78, 5) is 11.0. The van der Waals surface area contributed by atoms with Crippen molar-refractivity contribution < 1.29 is 9.53 Å². The van der Waals surface area contributed by atoms with Crippen molar-refractivity contribution in [1.82, 2.24) is 4.57 Å². The van der Waals surface area contributed by atoms with Gasteiger partial charge in [-0.25, -0.2) is 0 Å². The van der Waals surface area contributed by atoms with E-state index in [9.17, 15) is 4.79 Å². The van der Waals surface area contributed by atoms with Crippen molar-refractivity contribution >= 4 is 16.9 Å². The number of esters is 1. The number of rotatable bonds is 4. The lowest BCUT2D eigenvalue weighted by atomic mass is 10.1. The Morgan fingerprint density at radius 3 is 2.52 bits per heavy atom. The zero-order chi connectivity index (χ0) is 14.7. The molecule has 3 aromatic rings. The monoisotopic (exact) mass is 279 g/mol. The number of nitrogens with zero attached hydrogens (tertiary/aromatic N) is 1. The molecule has 106 valence electrons. The molecule has 0 atom stereocenters. The number of ether oxygens (including phenoxy) is 1. The van der Waals surface area contributed by atoms with Crippen LogP contribution in [0.3, 0.4) is 0 Å². The molecule has 0 saturated carbocycles. The summed E-state index contributed by atoms with van der Waals surface area (Å²) in [6.07, 6.45) is 0. The van der Waals surface area contributed by atoms with Gasteiger partial charge in [-0.2, -0.15) is 0 Å². The summed E-state index contributed by atoms with van der Waals surface area (Å²) in [6.45, 7) is 2.47. The van der Waals surface area contributed by atoms with Crippen molar-refractivity contribution in [2.75, 3.05) is 6.61 Å². The Kier molecular flexibility index (Phi) is 3.73. The molecular formula is C18H17NO2. The molecule has 0 radical (unpaired) electrons. The molecule has 2 aromatic carbocycles. The molecule has 0 amide bonds. The molecule has 21 heavy (non-hydrogen) atoms. The van der Waals surface area contributed by atoms with E-state index in [1.807, 2.05) is 30.3 Å². The van der Waals surface area contributed by atoms with Crippen LogP contribution in [0.4, 0.5) is 0 Å². The second-order valence-corrected chi connectivity index (χ2v) is 4.95. The number of benzene rings is 2. The Bertz CT molecular complexity index is 759. The fourth-order valence-electron chi connectivity index (χ4n) is 2.58. The van der Waals surface area contributed by atoms with Gasteiger partial charge >= 0.3 is 5.97 Å². The van der Waals surface area contributed by atoms with Gasteiger partial charge in [-0.3, -0.25) is 4.79 Å². The van der Waals surface area contributed by atoms with Crippen LogP contribution in [0.5, 0.6) is 0 Å². The first-order valence-electron chi connectivity index (χ1n) is 7.03. The van der Waals surface area contributed by atoms with Gasteiger partial charge in [0.05, 0.1) is 6.54 Å². The number of aromatic nitrogens is 1. The summed E-state index contributed by atoms with van der Waals surface area (Å²) >= 11 is 0. The van der Waals surface area contributed by atoms with Crippen LogP contribution in [0.2, 0.25) is 0 Å². The maximum absolute atomic E-state index is 11.0. The highest BCUT2D eigenvalue weighted by Gasteiger charge is 2.10. The van der Waals surface area contributed by atoms with Gasteiger partial charge in [-0.15, -0.1) is 0 Å². The quantitative estimate of drug-likeness (QED) is 0.679. The van der Waals surface area contributed by atoms with Gasteiger partial charge in [0.2, 0.25) is 0 Å². The molecule has 0 spiro atoms. The lowest BCUT2D eigenvalue weighted by Gasteiger charge is -2.11. The van der Waals surface area contributed by atoms with Crippen LogP contribution in [0.15, 0.2) is 60.7 Å². The summed E-state index contributed by atoms with van der Waals surface area (Å²) in [6, 6.07) is 20.7. The number of hydrogen-bond acceptors (Lipinski definition) is 2. The van der Waals surface area contributed by atoms with E-state index >= 15 is 0 Å². The molecule has 0 unspecified atom stereocenters. The molecule has 0 N–H and O–H groups in total. The Balaban J connectivity index is 2.04. The highest BCUT2D eigenvalue weighted by Crippen LogP contribution is 2.28. The van der Waals surface area contributed by atoms with Crippen molar-refractivity contribution in [2.24, 2.45) is 0 Å². The van der Waals surface area contributed by atoms with Gasteiger partial charge in [0.25, 0.3) is 0 Å². The summed E-state index contributed by atoms with van der Waals surface area (Å²) < 4.78 is 7.30. The van der Waals surface area contributed by atoms with Crippen molar-refractivity contribution in [1.29, 1.82) is 0 Å². The SMILES string of the molecule is CC(=O)OCCn1c(-c2ccccc2)cc2ccccc21. The number of carbonyl (C=O) groups is 1. The molecule has 0 bridgehead atoms. The van der Waals surface area contributed by atoms with E-state index in [0.717, 1.165) is 16.8 Å². The Labute approximate surface area is 123 Å². The third-order valence-corrected chi connectivity index (χ3v) is 3.50. The molecule has 3 heteroatoms. The summed E-state index contributed by atoms with van der Waals surface area (Å²) in [5, 5.41) is 1.19. The molecule has 3 nitrogen and oxygen atoms in total. The highest BCUT2D eigenvalue weighted by molar-refractivity contribution is 5.87. The summed E-state index contributed by atoms with van der Waals surface area (Å²) in [5.74, 6) is -0.243. The van der Waals surface area contributed by atoms with Crippen LogP contribution < -0.4 is 0 Å². The third-order valence-electron chi connectivity index (χ3n) is 3.50. The van der Waals surface area contributed by atoms with Crippen LogP contribution in [-0.2, 0) is 16.1 Å². The molecule has 1 aromatic heterocycles. The molecule has 3 rings (SSSR count). The van der Waals surface area contributed by atoms with E-state index in [-0.39, 0.29) is 5.97 Å². The summed E-state index contributed by atoms with van der Waals surface area (Å²) in [7, 11) is 0. The third kappa shape index (κ3) is 2.82. The van der Waals surface area contributed by atoms with E-state index in [2.05, 4.69) is 34.9 Å². The minimum atomic E-state index is -0.243. The average molecular weight is 279 g/mol. The predicted octanol–water partition coefficient (Wildman–Crippen LogP) is 3.87. The minimum Gasteiger partial charge on any atom is -0.464 e. The first-order chi connectivity index (χ1) is 10.3. The van der Waals surface area contributed by atoms with Gasteiger partial charge in [-0.1, -0.05) is 48.5 Å². The van der Waals surface area contributed by atoms with Gasteiger partial charge in [0, 0.05) is 23.5 Å². The molecule has 0 aliphatic rings. The van der Waals surface area contributed by atoms with Crippen molar-refractivity contribution in [3.05, 3.63) is 60.7 Å². The average Bonchev–Trinajstić information content (AvgIpc) is 2.87. The topological polar surface area (TPSA) is 31.2 Å². The van der Waals surface area contributed by atoms with Crippen LogP contribution in [0, 0.1) is 0 Å². The van der Waals surface area contributed by atoms with E-state index in [1.54, 1.807) is 0 Å². The normalized spacial score (nSPS) is 10.7. The number of fused-ring (bicyclic) bond motifs is 1. The van der Waals surface area contributed by atoms with Gasteiger partial charge in [0.1, 0.15) is 6.61 Å². The molecule has 0 aliphatic carbocycles. The Morgan fingerprint density at radius 2 is 1.76 bits per heavy atom. The van der Waals surface area contributed by atoms with Crippen molar-refractivity contribution in [3.63, 3.8) is 0 Å². The molecule has 0 aliphatic heterocycles. The van der Waals surface area contributed by atoms with Gasteiger partial charge in [-0.05, 0) is 17.7 Å². The Hall–Kier alpha value is -2.55. The van der Waals surface area contributed by atoms with Crippen molar-refractivity contribution in [3.8, 4) is 11.3 Å². The second kappa shape index (κ2) is 5.83. The molecular weight excluding hydrogens is 262 g/mol. The Morgan fingerprint density at radius 1 is 1.05 bits per heavy atom. The first-order valence-corrected chi connectivity index (χ1v) is 7.03. The van der Waals surface area contributed by atoms with E-state index in [1.165, 1.54) is 12.3 Å². The largest absolute Gasteiger partial charge is 0.464 e. The second-order valence-electron chi connectivity index (χ2n) is 4.95. The van der Waals surface area contributed by atoms with Gasteiger partial charge in [0.15, 0.2) is 0 Å². The first kappa shape index (κ1) is 13.4. The predicted molar refractivity (Wildman–Crippen MR) is 84.0 cm³/mol. The van der Waals surface area contributed by atoms with E-state index in [4.69, 9.17) is 4.74 Å². The molecule has 1 heterocycles. The molecule has 0 saturated heterocycles. The lowest BCUT2D eigenvalue weighted by molar-refractivity contribution is -0.141. The van der Waals surface area contributed by atoms with E-state index < -0.39 is 0 Å². The zero-order valence-corrected chi connectivity index (χ0v) is 12.0. The van der Waals surface area contributed by atoms with Crippen LogP contribution in [0.1, 0.15) is 6.92 Å². The lowest BCUT2D eigenvalue weighted by Crippen LogP contribution is -2.09. The highest BCUT2D eigenvalue weighted by atomic mass is 16.5. The van der Waals surface area contributed by atoms with Crippen LogP contribution in [-0.4, -0.2) is 17.1 Å². The maximum atomic E-state index is 11.0. The van der Waals surface area contributed by atoms with E-state index in [0.29, 0.717) is 13.2 Å². The fourth-order valence-corrected chi connectivity index (χ4v) is 2.58. The number of carbonyl (C=O) groups excluding carboxylic acids is 1. The minimum absolute atomic E-state index is 0.243. The fraction of sp³-hybridized carbons (Fsp3) is 0.167. The van der Waals surface area contributed by atoms with Crippen LogP contribution >= 0.6 is 0 Å². The standard InChI is InChI=1S/C18H17NO2/c1-14(20)21-12-11-19-17-10-6-5-9-16(17)13-18(19)15-7-3-2-4-8-15/h2-10,13H,11-12H2,1H3. The zero-order valence-electron chi connectivity index (χ0n) is 12.0. The maximum Gasteiger partial charge on any atom is 0.302 e.